The molecule has 0 spiro atoms. The van der Waals surface area contributed by atoms with Gasteiger partial charge >= 0.3 is 12.1 Å². The molecule has 174 valence electrons. The first-order valence-corrected chi connectivity index (χ1v) is 11.3. The summed E-state index contributed by atoms with van der Waals surface area (Å²) in [6.07, 6.45) is 2.85. The molecule has 33 heavy (non-hydrogen) atoms. The van der Waals surface area contributed by atoms with Gasteiger partial charge in [0.2, 0.25) is 5.91 Å². The summed E-state index contributed by atoms with van der Waals surface area (Å²) >= 11 is 1.22. The third-order valence-electron chi connectivity index (χ3n) is 5.31. The molecule has 3 amide bonds. The summed E-state index contributed by atoms with van der Waals surface area (Å²) in [4.78, 5) is 56.7. The first-order valence-electron chi connectivity index (χ1n) is 10.4. The highest BCUT2D eigenvalue weighted by Crippen LogP contribution is 2.41. The van der Waals surface area contributed by atoms with Crippen molar-refractivity contribution in [3.63, 3.8) is 0 Å². The van der Waals surface area contributed by atoms with Gasteiger partial charge in [-0.05, 0) is 56.4 Å². The van der Waals surface area contributed by atoms with Gasteiger partial charge in [-0.15, -0.1) is 11.8 Å². The average molecular weight is 473 g/mol. The maximum atomic E-state index is 12.9. The smallest absolute Gasteiger partial charge is 0.408 e. The quantitative estimate of drug-likeness (QED) is 0.502. The Morgan fingerprint density at radius 1 is 1.30 bits per heavy atom. The van der Waals surface area contributed by atoms with Gasteiger partial charge in [-0.3, -0.25) is 14.5 Å². The number of aromatic nitrogens is 1. The summed E-state index contributed by atoms with van der Waals surface area (Å²) in [6.45, 7) is 5.56. The highest BCUT2D eigenvalue weighted by atomic mass is 32.2. The Hall–Kier alpha value is -3.34. The second-order valence-corrected chi connectivity index (χ2v) is 9.81. The van der Waals surface area contributed by atoms with Gasteiger partial charge in [-0.1, -0.05) is 6.07 Å². The van der Waals surface area contributed by atoms with Crippen LogP contribution in [0.25, 0.3) is 0 Å². The van der Waals surface area contributed by atoms with E-state index in [1.807, 2.05) is 0 Å². The molecular formula is C22H24N4O6S. The average Bonchev–Trinajstić information content (AvgIpc) is 3.11. The minimum atomic E-state index is -1.25. The van der Waals surface area contributed by atoms with Gasteiger partial charge < -0.3 is 20.1 Å². The first-order chi connectivity index (χ1) is 15.6. The number of carbonyl (C=O) groups is 4. The number of β-lactam (4-membered cyclic amide) rings is 1. The van der Waals surface area contributed by atoms with Crippen LogP contribution >= 0.6 is 11.8 Å². The Labute approximate surface area is 194 Å². The molecule has 0 aromatic carbocycles. The maximum Gasteiger partial charge on any atom is 0.408 e. The van der Waals surface area contributed by atoms with Crippen LogP contribution in [0.15, 0.2) is 47.0 Å². The highest BCUT2D eigenvalue weighted by molar-refractivity contribution is 8.03. The Morgan fingerprint density at radius 3 is 2.70 bits per heavy atom. The topological polar surface area (TPSA) is 129 Å². The number of fused-ring (bicyclic) bond motifs is 1. The highest BCUT2D eigenvalue weighted by Gasteiger charge is 2.56. The predicted molar refractivity (Wildman–Crippen MR) is 120 cm³/mol. The van der Waals surface area contributed by atoms with Gasteiger partial charge in [-0.2, -0.15) is 0 Å². The van der Waals surface area contributed by atoms with E-state index in [9.17, 15) is 24.3 Å². The van der Waals surface area contributed by atoms with E-state index in [4.69, 9.17) is 4.74 Å². The lowest BCUT2D eigenvalue weighted by Gasteiger charge is -2.51. The van der Waals surface area contributed by atoms with E-state index in [1.54, 1.807) is 56.7 Å². The molecule has 4 rings (SSSR count). The lowest BCUT2D eigenvalue weighted by Crippen LogP contribution is -2.73. The number of carboxylic acid groups (broad SMARTS) is 1. The molecule has 3 aliphatic heterocycles. The van der Waals surface area contributed by atoms with E-state index in [2.05, 4.69) is 10.3 Å². The van der Waals surface area contributed by atoms with Crippen LogP contribution in [0.2, 0.25) is 0 Å². The normalized spacial score (nSPS) is 26.0. The van der Waals surface area contributed by atoms with Gasteiger partial charge in [0.1, 0.15) is 22.8 Å². The number of nitrogens with one attached hydrogen (secondary N) is 1. The number of nitrogens with zero attached hydrogens (tertiary/aromatic N) is 3. The van der Waals surface area contributed by atoms with Crippen molar-refractivity contribution in [2.45, 2.75) is 50.3 Å². The summed E-state index contributed by atoms with van der Waals surface area (Å²) in [5, 5.41) is 13.4. The zero-order valence-corrected chi connectivity index (χ0v) is 19.2. The van der Waals surface area contributed by atoms with E-state index >= 15 is 0 Å². The molecule has 0 unspecified atom stereocenters. The second kappa shape index (κ2) is 8.54. The Morgan fingerprint density at radius 2 is 2.06 bits per heavy atom. The third kappa shape index (κ3) is 4.45. The van der Waals surface area contributed by atoms with E-state index in [0.717, 1.165) is 0 Å². The monoisotopic (exact) mass is 472 g/mol. The fourth-order valence-corrected chi connectivity index (χ4v) is 5.09. The molecule has 3 aliphatic rings. The number of carbonyl (C=O) groups excluding carboxylic acids is 3. The molecule has 10 nitrogen and oxygen atoms in total. The lowest BCUT2D eigenvalue weighted by molar-refractivity contribution is -0.158. The van der Waals surface area contributed by atoms with Crippen molar-refractivity contribution in [3.8, 4) is 0 Å². The van der Waals surface area contributed by atoms with Gasteiger partial charge in [0.05, 0.1) is 0 Å². The summed E-state index contributed by atoms with van der Waals surface area (Å²) in [6, 6.07) is 3.15. The standard InChI is InChI=1S/C22H24N4O6S/c1-22(2,3)32-21(31)24-15-18(28)26-16(20(29)30)13(11-33-19(15)26)10-12-7-9-25(17(12)27)14-6-4-5-8-23-14/h4-6,8,10-11,15-16,19H,7,9H2,1-3H3,(H,24,31)(H,29,30)/b12-10+/t15-,16-,19-/m1/s1. The van der Waals surface area contributed by atoms with Crippen LogP contribution < -0.4 is 10.2 Å². The van der Waals surface area contributed by atoms with E-state index < -0.39 is 41.0 Å². The van der Waals surface area contributed by atoms with Crippen molar-refractivity contribution in [3.05, 3.63) is 47.0 Å². The zero-order valence-electron chi connectivity index (χ0n) is 18.3. The van der Waals surface area contributed by atoms with Crippen LogP contribution in [0, 0.1) is 0 Å². The molecule has 4 heterocycles. The molecule has 0 bridgehead atoms. The fourth-order valence-electron chi connectivity index (χ4n) is 3.90. The minimum Gasteiger partial charge on any atom is -0.479 e. The number of thioether (sulfide) groups is 1. The minimum absolute atomic E-state index is 0.245. The van der Waals surface area contributed by atoms with Crippen molar-refractivity contribution in [2.75, 3.05) is 11.4 Å². The van der Waals surface area contributed by atoms with Crippen LogP contribution in [-0.2, 0) is 19.1 Å². The van der Waals surface area contributed by atoms with Crippen molar-refractivity contribution in [1.29, 1.82) is 0 Å². The van der Waals surface area contributed by atoms with Crippen molar-refractivity contribution in [2.24, 2.45) is 0 Å². The lowest BCUT2D eigenvalue weighted by atomic mass is 9.96. The molecule has 2 N–H and O–H groups in total. The SMILES string of the molecule is CC(C)(C)OC(=O)N[C@@H]1C(=O)N2[C@@H](C(=O)O)C(/C=C3\CCN(c4ccccn4)C3=O)=CS[C@H]12. The number of rotatable bonds is 4. The van der Waals surface area contributed by atoms with Gasteiger partial charge in [0, 0.05) is 18.3 Å². The number of ether oxygens (including phenoxy) is 1. The maximum absolute atomic E-state index is 12.9. The predicted octanol–water partition coefficient (Wildman–Crippen LogP) is 1.89. The number of hydrogen-bond donors (Lipinski definition) is 2. The molecule has 2 fully saturated rings. The van der Waals surface area contributed by atoms with Crippen molar-refractivity contribution in [1.82, 2.24) is 15.2 Å². The molecule has 1 aromatic rings. The number of carboxylic acids is 1. The molecule has 1 aromatic heterocycles. The van der Waals surface area contributed by atoms with E-state index in [1.165, 1.54) is 21.6 Å². The summed E-state index contributed by atoms with van der Waals surface area (Å²) in [7, 11) is 0. The van der Waals surface area contributed by atoms with Gasteiger partial charge in [0.15, 0.2) is 6.04 Å². The van der Waals surface area contributed by atoms with E-state index in [-0.39, 0.29) is 5.91 Å². The van der Waals surface area contributed by atoms with Gasteiger partial charge in [0.25, 0.3) is 5.91 Å². The Balaban J connectivity index is 1.52. The molecular weight excluding hydrogens is 448 g/mol. The fraction of sp³-hybridized carbons (Fsp3) is 0.409. The molecule has 0 aliphatic carbocycles. The van der Waals surface area contributed by atoms with Gasteiger partial charge in [-0.25, -0.2) is 14.6 Å². The third-order valence-corrected chi connectivity index (χ3v) is 6.50. The first kappa shape index (κ1) is 22.8. The van der Waals surface area contributed by atoms with Crippen LogP contribution in [0.1, 0.15) is 27.2 Å². The summed E-state index contributed by atoms with van der Waals surface area (Å²) in [5.41, 5.74) is 0.0727. The zero-order chi connectivity index (χ0) is 23.9. The van der Waals surface area contributed by atoms with Crippen LogP contribution in [0.4, 0.5) is 10.6 Å². The van der Waals surface area contributed by atoms with Crippen LogP contribution in [0.5, 0.6) is 0 Å². The van der Waals surface area contributed by atoms with Crippen LogP contribution in [-0.4, -0.2) is 68.5 Å². The number of hydrogen-bond acceptors (Lipinski definition) is 7. The summed E-state index contributed by atoms with van der Waals surface area (Å²) in [5.74, 6) is -1.44. The van der Waals surface area contributed by atoms with Crippen molar-refractivity contribution >= 4 is 41.5 Å². The second-order valence-electron chi connectivity index (χ2n) is 8.82. The number of amides is 3. The number of alkyl carbamates (subject to hydrolysis) is 1. The molecule has 2 saturated heterocycles. The Bertz CT molecular complexity index is 1060. The summed E-state index contributed by atoms with van der Waals surface area (Å²) < 4.78 is 5.20. The number of pyridine rings is 1. The Kier molecular flexibility index (Phi) is 5.91. The largest absolute Gasteiger partial charge is 0.479 e. The number of aliphatic carboxylic acids is 1. The molecule has 3 atom stereocenters. The van der Waals surface area contributed by atoms with Crippen LogP contribution in [0.3, 0.4) is 0 Å². The molecule has 11 heteroatoms. The number of anilines is 1. The molecule has 0 saturated carbocycles. The van der Waals surface area contributed by atoms with E-state index in [0.29, 0.717) is 29.9 Å². The van der Waals surface area contributed by atoms with Crippen molar-refractivity contribution < 1.29 is 29.0 Å². The molecule has 0 radical (unpaired) electrons.